The number of hydrogen-bond donors (Lipinski definition) is 2. The van der Waals surface area contributed by atoms with Gasteiger partial charge in [0.1, 0.15) is 0 Å². The summed E-state index contributed by atoms with van der Waals surface area (Å²) in [4.78, 5) is 0.296. The van der Waals surface area contributed by atoms with E-state index in [2.05, 4.69) is 10.0 Å². The van der Waals surface area contributed by atoms with Gasteiger partial charge in [0.15, 0.2) is 0 Å². The molecule has 0 amide bonds. The number of sulfonamides is 1. The number of hydrogen-bond acceptors (Lipinski definition) is 3. The lowest BCUT2D eigenvalue weighted by atomic mass is 9.98. The molecule has 6 heteroatoms. The van der Waals surface area contributed by atoms with Gasteiger partial charge in [0.25, 0.3) is 0 Å². The van der Waals surface area contributed by atoms with Gasteiger partial charge in [0.2, 0.25) is 10.0 Å². The summed E-state index contributed by atoms with van der Waals surface area (Å²) in [5, 5.41) is 3.17. The van der Waals surface area contributed by atoms with Crippen molar-refractivity contribution in [2.24, 2.45) is 5.92 Å². The van der Waals surface area contributed by atoms with Gasteiger partial charge < -0.3 is 5.32 Å². The van der Waals surface area contributed by atoms with Crippen LogP contribution in [-0.4, -0.2) is 33.4 Å². The van der Waals surface area contributed by atoms with Crippen LogP contribution in [0.2, 0.25) is 0 Å². The molecular weight excluding hydrogens is 272 g/mol. The first kappa shape index (κ1) is 13.8. The SMILES string of the molecule is O=S(=O)(NCC1CCNCC1Cl)c1ccccc1. The second kappa shape index (κ2) is 6.02. The van der Waals surface area contributed by atoms with E-state index in [0.29, 0.717) is 11.4 Å². The Morgan fingerprint density at radius 3 is 2.72 bits per heavy atom. The van der Waals surface area contributed by atoms with Crippen LogP contribution < -0.4 is 10.0 Å². The average molecular weight is 289 g/mol. The molecule has 2 unspecified atom stereocenters. The van der Waals surface area contributed by atoms with Crippen LogP contribution in [0.3, 0.4) is 0 Å². The van der Waals surface area contributed by atoms with Crippen LogP contribution in [0.4, 0.5) is 0 Å². The van der Waals surface area contributed by atoms with Gasteiger partial charge in [0.05, 0.1) is 10.3 Å². The van der Waals surface area contributed by atoms with Crippen molar-refractivity contribution in [3.8, 4) is 0 Å². The minimum atomic E-state index is -3.41. The van der Waals surface area contributed by atoms with Gasteiger partial charge in [-0.15, -0.1) is 11.6 Å². The molecular formula is C12H17ClN2O2S. The summed E-state index contributed by atoms with van der Waals surface area (Å²) in [7, 11) is -3.41. The molecule has 100 valence electrons. The number of halogens is 1. The molecule has 2 N–H and O–H groups in total. The molecule has 1 aliphatic heterocycles. The van der Waals surface area contributed by atoms with Crippen molar-refractivity contribution >= 4 is 21.6 Å². The molecule has 0 spiro atoms. The van der Waals surface area contributed by atoms with Gasteiger partial charge in [-0.05, 0) is 31.0 Å². The van der Waals surface area contributed by atoms with Gasteiger partial charge in [0, 0.05) is 13.1 Å². The second-order valence-electron chi connectivity index (χ2n) is 4.43. The predicted octanol–water partition coefficient (Wildman–Crippen LogP) is 1.18. The third kappa shape index (κ3) is 3.45. The van der Waals surface area contributed by atoms with Gasteiger partial charge in [-0.3, -0.25) is 0 Å². The maximum absolute atomic E-state index is 12.0. The third-order valence-corrected chi connectivity index (χ3v) is 5.08. The molecule has 0 aromatic heterocycles. The number of rotatable bonds is 4. The number of nitrogens with one attached hydrogen (secondary N) is 2. The van der Waals surface area contributed by atoms with E-state index < -0.39 is 10.0 Å². The van der Waals surface area contributed by atoms with E-state index in [9.17, 15) is 8.42 Å². The zero-order valence-electron chi connectivity index (χ0n) is 9.97. The summed E-state index contributed by atoms with van der Waals surface area (Å²) in [5.74, 6) is 0.186. The second-order valence-corrected chi connectivity index (χ2v) is 6.76. The van der Waals surface area contributed by atoms with Crippen LogP contribution in [0.25, 0.3) is 0 Å². The first-order valence-electron chi connectivity index (χ1n) is 5.99. The van der Waals surface area contributed by atoms with Crippen molar-refractivity contribution in [1.82, 2.24) is 10.0 Å². The van der Waals surface area contributed by atoms with E-state index in [1.807, 2.05) is 0 Å². The Labute approximate surface area is 113 Å². The van der Waals surface area contributed by atoms with E-state index in [1.54, 1.807) is 30.3 Å². The molecule has 1 aromatic carbocycles. The van der Waals surface area contributed by atoms with Crippen molar-refractivity contribution < 1.29 is 8.42 Å². The maximum Gasteiger partial charge on any atom is 0.240 e. The highest BCUT2D eigenvalue weighted by molar-refractivity contribution is 7.89. The molecule has 1 fully saturated rings. The van der Waals surface area contributed by atoms with Crippen molar-refractivity contribution in [3.05, 3.63) is 30.3 Å². The quantitative estimate of drug-likeness (QED) is 0.818. The lowest BCUT2D eigenvalue weighted by Gasteiger charge is -2.27. The normalized spacial score (nSPS) is 24.9. The Bertz CT molecular complexity index is 478. The fourth-order valence-electron chi connectivity index (χ4n) is 2.00. The van der Waals surface area contributed by atoms with Crippen LogP contribution >= 0.6 is 11.6 Å². The lowest BCUT2D eigenvalue weighted by Crippen LogP contribution is -2.43. The predicted molar refractivity (Wildman–Crippen MR) is 72.2 cm³/mol. The van der Waals surface area contributed by atoms with E-state index in [1.165, 1.54) is 0 Å². The molecule has 4 nitrogen and oxygen atoms in total. The number of benzene rings is 1. The minimum absolute atomic E-state index is 0.0165. The molecule has 1 aliphatic rings. The zero-order chi connectivity index (χ0) is 13.0. The average Bonchev–Trinajstić information content (AvgIpc) is 2.39. The lowest BCUT2D eigenvalue weighted by molar-refractivity contribution is 0.379. The Balaban J connectivity index is 1.97. The summed E-state index contributed by atoms with van der Waals surface area (Å²) in [5.41, 5.74) is 0. The van der Waals surface area contributed by atoms with Crippen LogP contribution in [0.1, 0.15) is 6.42 Å². The summed E-state index contributed by atoms with van der Waals surface area (Å²) >= 11 is 6.16. The molecule has 1 aromatic rings. The molecule has 0 bridgehead atoms. The van der Waals surface area contributed by atoms with E-state index in [0.717, 1.165) is 19.5 Å². The van der Waals surface area contributed by atoms with Crippen molar-refractivity contribution in [2.75, 3.05) is 19.6 Å². The fourth-order valence-corrected chi connectivity index (χ4v) is 3.44. The van der Waals surface area contributed by atoms with E-state index >= 15 is 0 Å². The monoisotopic (exact) mass is 288 g/mol. The molecule has 1 saturated heterocycles. The van der Waals surface area contributed by atoms with Crippen LogP contribution in [-0.2, 0) is 10.0 Å². The first-order chi connectivity index (χ1) is 8.59. The summed E-state index contributed by atoms with van der Waals surface area (Å²) in [6.45, 7) is 2.02. The van der Waals surface area contributed by atoms with Gasteiger partial charge in [-0.1, -0.05) is 18.2 Å². The highest BCUT2D eigenvalue weighted by Crippen LogP contribution is 2.18. The van der Waals surface area contributed by atoms with Crippen LogP contribution in [0.15, 0.2) is 35.2 Å². The van der Waals surface area contributed by atoms with E-state index in [-0.39, 0.29) is 11.3 Å². The number of alkyl halides is 1. The van der Waals surface area contributed by atoms with Crippen LogP contribution in [0, 0.1) is 5.92 Å². The van der Waals surface area contributed by atoms with Gasteiger partial charge >= 0.3 is 0 Å². The Morgan fingerprint density at radius 1 is 1.33 bits per heavy atom. The number of piperidine rings is 1. The maximum atomic E-state index is 12.0. The third-order valence-electron chi connectivity index (χ3n) is 3.13. The van der Waals surface area contributed by atoms with Gasteiger partial charge in [-0.25, -0.2) is 13.1 Å². The van der Waals surface area contributed by atoms with Crippen molar-refractivity contribution in [2.45, 2.75) is 16.7 Å². The summed E-state index contributed by atoms with van der Waals surface area (Å²) in [6, 6.07) is 8.39. The minimum Gasteiger partial charge on any atom is -0.315 e. The molecule has 0 aliphatic carbocycles. The fraction of sp³-hybridized carbons (Fsp3) is 0.500. The highest BCUT2D eigenvalue weighted by atomic mass is 35.5. The standard InChI is InChI=1S/C12H17ClN2O2S/c13-12-9-14-7-6-10(12)8-15-18(16,17)11-4-2-1-3-5-11/h1-5,10,12,14-15H,6-9H2. The first-order valence-corrected chi connectivity index (χ1v) is 7.91. The Kier molecular flexibility index (Phi) is 4.61. The smallest absolute Gasteiger partial charge is 0.240 e. The zero-order valence-corrected chi connectivity index (χ0v) is 11.5. The summed E-state index contributed by atoms with van der Waals surface area (Å²) in [6.07, 6.45) is 0.894. The molecule has 18 heavy (non-hydrogen) atoms. The molecule has 2 rings (SSSR count). The highest BCUT2D eigenvalue weighted by Gasteiger charge is 2.24. The topological polar surface area (TPSA) is 58.2 Å². The molecule has 0 radical (unpaired) electrons. The van der Waals surface area contributed by atoms with Crippen molar-refractivity contribution in [1.29, 1.82) is 0 Å². The van der Waals surface area contributed by atoms with Crippen molar-refractivity contribution in [3.63, 3.8) is 0 Å². The molecule has 2 atom stereocenters. The van der Waals surface area contributed by atoms with E-state index in [4.69, 9.17) is 11.6 Å². The van der Waals surface area contributed by atoms with Crippen LogP contribution in [0.5, 0.6) is 0 Å². The summed E-state index contributed by atoms with van der Waals surface area (Å²) < 4.78 is 26.7. The molecule has 0 saturated carbocycles. The largest absolute Gasteiger partial charge is 0.315 e. The Morgan fingerprint density at radius 2 is 2.06 bits per heavy atom. The molecule has 1 heterocycles. The Hall–Kier alpha value is -0.620. The van der Waals surface area contributed by atoms with Gasteiger partial charge in [-0.2, -0.15) is 0 Å².